The first-order valence-electron chi connectivity index (χ1n) is 6.84. The Balaban J connectivity index is 1.75. The second kappa shape index (κ2) is 5.45. The van der Waals surface area contributed by atoms with E-state index in [0.29, 0.717) is 22.8 Å². The highest BCUT2D eigenvalue weighted by atomic mass is 19.1. The Morgan fingerprint density at radius 2 is 2.04 bits per heavy atom. The van der Waals surface area contributed by atoms with Gasteiger partial charge < -0.3 is 9.09 Å². The molecule has 0 amide bonds. The maximum atomic E-state index is 13.9. The Kier molecular flexibility index (Phi) is 3.16. The number of rotatable bonds is 3. The minimum atomic E-state index is -0.393. The average Bonchev–Trinajstić information content (AvgIpc) is 3.27. The molecule has 0 fully saturated rings. The molecule has 0 atom stereocenters. The fourth-order valence-electron chi connectivity index (χ4n) is 2.20. The number of hydrogen-bond donors (Lipinski definition) is 0. The van der Waals surface area contributed by atoms with Gasteiger partial charge in [0.2, 0.25) is 5.82 Å². The summed E-state index contributed by atoms with van der Waals surface area (Å²) in [4.78, 5) is 12.4. The van der Waals surface area contributed by atoms with Gasteiger partial charge in [0.15, 0.2) is 0 Å². The van der Waals surface area contributed by atoms with Gasteiger partial charge in [0.05, 0.1) is 12.0 Å². The van der Waals surface area contributed by atoms with Gasteiger partial charge in [-0.2, -0.15) is 4.98 Å². The van der Waals surface area contributed by atoms with E-state index in [4.69, 9.17) is 4.52 Å². The van der Waals surface area contributed by atoms with Gasteiger partial charge >= 0.3 is 0 Å². The Labute approximate surface area is 130 Å². The van der Waals surface area contributed by atoms with Crippen molar-refractivity contribution in [2.75, 3.05) is 0 Å². The number of nitrogens with zero attached hydrogens (tertiary/aromatic N) is 5. The molecule has 7 heteroatoms. The topological polar surface area (TPSA) is 69.6 Å². The number of benzene rings is 1. The zero-order valence-corrected chi connectivity index (χ0v) is 11.8. The SMILES string of the molecule is Fc1cc(-c2noc(-c3ccccn3)n2)cc(-n2ccnc2)c1. The monoisotopic (exact) mass is 307 g/mol. The largest absolute Gasteiger partial charge is 0.332 e. The van der Waals surface area contributed by atoms with Crippen molar-refractivity contribution in [1.82, 2.24) is 24.7 Å². The molecule has 4 aromatic rings. The van der Waals surface area contributed by atoms with Crippen LogP contribution in [-0.2, 0) is 0 Å². The standard InChI is InChI=1S/C16H10FN5O/c17-12-7-11(8-13(9-12)22-6-5-18-10-22)15-20-16(23-21-15)14-3-1-2-4-19-14/h1-10H. The quantitative estimate of drug-likeness (QED) is 0.581. The minimum Gasteiger partial charge on any atom is -0.332 e. The van der Waals surface area contributed by atoms with E-state index in [1.54, 1.807) is 47.7 Å². The molecular weight excluding hydrogens is 297 g/mol. The lowest BCUT2D eigenvalue weighted by Crippen LogP contribution is -1.93. The van der Waals surface area contributed by atoms with Crippen LogP contribution in [0.15, 0.2) is 65.8 Å². The molecule has 3 aromatic heterocycles. The van der Waals surface area contributed by atoms with Crippen molar-refractivity contribution in [2.45, 2.75) is 0 Å². The molecule has 3 heterocycles. The van der Waals surface area contributed by atoms with E-state index in [0.717, 1.165) is 0 Å². The van der Waals surface area contributed by atoms with Crippen LogP contribution in [0, 0.1) is 5.82 Å². The fourth-order valence-corrected chi connectivity index (χ4v) is 2.20. The second-order valence-electron chi connectivity index (χ2n) is 4.81. The molecule has 0 aliphatic heterocycles. The van der Waals surface area contributed by atoms with Crippen LogP contribution >= 0.6 is 0 Å². The molecule has 4 rings (SSSR count). The summed E-state index contributed by atoms with van der Waals surface area (Å²) in [6.07, 6.45) is 6.58. The third-order valence-corrected chi connectivity index (χ3v) is 3.25. The summed E-state index contributed by atoms with van der Waals surface area (Å²) in [5.74, 6) is 0.191. The first kappa shape index (κ1) is 13.3. The normalized spacial score (nSPS) is 10.8. The van der Waals surface area contributed by atoms with E-state index in [1.165, 1.54) is 12.1 Å². The molecule has 0 spiro atoms. The van der Waals surface area contributed by atoms with E-state index in [-0.39, 0.29) is 5.89 Å². The molecule has 0 saturated heterocycles. The zero-order valence-electron chi connectivity index (χ0n) is 11.8. The summed E-state index contributed by atoms with van der Waals surface area (Å²) in [5.41, 5.74) is 1.71. The van der Waals surface area contributed by atoms with Gasteiger partial charge in [0.1, 0.15) is 11.5 Å². The molecular formula is C16H10FN5O. The van der Waals surface area contributed by atoms with E-state index in [1.807, 2.05) is 6.07 Å². The van der Waals surface area contributed by atoms with Crippen LogP contribution in [0.5, 0.6) is 0 Å². The van der Waals surface area contributed by atoms with Crippen molar-refractivity contribution in [1.29, 1.82) is 0 Å². The van der Waals surface area contributed by atoms with Crippen molar-refractivity contribution in [3.05, 3.63) is 67.1 Å². The fraction of sp³-hybridized carbons (Fsp3) is 0. The average molecular weight is 307 g/mol. The molecule has 0 N–H and O–H groups in total. The molecule has 0 radical (unpaired) electrons. The van der Waals surface area contributed by atoms with Gasteiger partial charge in [0.25, 0.3) is 5.89 Å². The highest BCUT2D eigenvalue weighted by Crippen LogP contribution is 2.24. The van der Waals surface area contributed by atoms with Crippen molar-refractivity contribution in [3.8, 4) is 28.7 Å². The Hall–Kier alpha value is -3.35. The van der Waals surface area contributed by atoms with E-state index < -0.39 is 5.82 Å². The summed E-state index contributed by atoms with van der Waals surface area (Å²) < 4.78 is 20.8. The van der Waals surface area contributed by atoms with Gasteiger partial charge in [-0.25, -0.2) is 9.37 Å². The third-order valence-electron chi connectivity index (χ3n) is 3.25. The van der Waals surface area contributed by atoms with Crippen molar-refractivity contribution >= 4 is 0 Å². The highest BCUT2D eigenvalue weighted by molar-refractivity contribution is 5.61. The van der Waals surface area contributed by atoms with Gasteiger partial charge in [-0.15, -0.1) is 0 Å². The maximum Gasteiger partial charge on any atom is 0.276 e. The zero-order chi connectivity index (χ0) is 15.6. The van der Waals surface area contributed by atoms with Gasteiger partial charge in [-0.3, -0.25) is 4.98 Å². The summed E-state index contributed by atoms with van der Waals surface area (Å²) >= 11 is 0. The van der Waals surface area contributed by atoms with E-state index >= 15 is 0 Å². The smallest absolute Gasteiger partial charge is 0.276 e. The molecule has 0 saturated carbocycles. The van der Waals surface area contributed by atoms with Crippen LogP contribution in [0.1, 0.15) is 0 Å². The lowest BCUT2D eigenvalue weighted by atomic mass is 10.2. The van der Waals surface area contributed by atoms with E-state index in [9.17, 15) is 4.39 Å². The first-order valence-corrected chi connectivity index (χ1v) is 6.84. The van der Waals surface area contributed by atoms with Gasteiger partial charge in [0, 0.05) is 24.2 Å². The molecule has 0 aliphatic carbocycles. The third kappa shape index (κ3) is 2.59. The van der Waals surface area contributed by atoms with Crippen LogP contribution in [0.4, 0.5) is 4.39 Å². The maximum absolute atomic E-state index is 13.9. The van der Waals surface area contributed by atoms with Crippen LogP contribution < -0.4 is 0 Å². The van der Waals surface area contributed by atoms with Crippen LogP contribution in [-0.4, -0.2) is 24.7 Å². The predicted molar refractivity (Wildman–Crippen MR) is 80.0 cm³/mol. The Morgan fingerprint density at radius 3 is 2.83 bits per heavy atom. The lowest BCUT2D eigenvalue weighted by Gasteiger charge is -2.04. The van der Waals surface area contributed by atoms with Crippen molar-refractivity contribution in [3.63, 3.8) is 0 Å². The number of imidazole rings is 1. The molecule has 6 nitrogen and oxygen atoms in total. The van der Waals surface area contributed by atoms with E-state index in [2.05, 4.69) is 20.1 Å². The van der Waals surface area contributed by atoms with Crippen LogP contribution in [0.2, 0.25) is 0 Å². The Bertz CT molecular complexity index is 934. The molecule has 0 unspecified atom stereocenters. The lowest BCUT2D eigenvalue weighted by molar-refractivity contribution is 0.431. The number of pyridine rings is 1. The molecule has 0 bridgehead atoms. The summed E-state index contributed by atoms with van der Waals surface area (Å²) in [6.45, 7) is 0. The van der Waals surface area contributed by atoms with Gasteiger partial charge in [-0.1, -0.05) is 11.2 Å². The highest BCUT2D eigenvalue weighted by Gasteiger charge is 2.13. The van der Waals surface area contributed by atoms with Crippen molar-refractivity contribution < 1.29 is 8.91 Å². The minimum absolute atomic E-state index is 0.286. The summed E-state index contributed by atoms with van der Waals surface area (Å²) in [6, 6.07) is 9.91. The number of hydrogen-bond acceptors (Lipinski definition) is 5. The second-order valence-corrected chi connectivity index (χ2v) is 4.81. The molecule has 112 valence electrons. The first-order chi connectivity index (χ1) is 11.3. The number of halogens is 1. The summed E-state index contributed by atoms with van der Waals surface area (Å²) in [5, 5.41) is 3.91. The van der Waals surface area contributed by atoms with Crippen LogP contribution in [0.25, 0.3) is 28.7 Å². The predicted octanol–water partition coefficient (Wildman–Crippen LogP) is 3.12. The molecule has 0 aliphatic rings. The van der Waals surface area contributed by atoms with Crippen molar-refractivity contribution in [2.24, 2.45) is 0 Å². The molecule has 1 aromatic carbocycles. The number of aromatic nitrogens is 5. The van der Waals surface area contributed by atoms with Crippen LogP contribution in [0.3, 0.4) is 0 Å². The Morgan fingerprint density at radius 1 is 1.09 bits per heavy atom. The summed E-state index contributed by atoms with van der Waals surface area (Å²) in [7, 11) is 0. The molecule has 23 heavy (non-hydrogen) atoms. The van der Waals surface area contributed by atoms with Gasteiger partial charge in [-0.05, 0) is 30.3 Å².